The van der Waals surface area contributed by atoms with Crippen LogP contribution in [0.5, 0.6) is 0 Å². The predicted molar refractivity (Wildman–Crippen MR) is 80.6 cm³/mol. The molecule has 2 aliphatic rings. The summed E-state index contributed by atoms with van der Waals surface area (Å²) in [6, 6.07) is 1.64. The molecule has 6 heteroatoms. The molecule has 2 saturated carbocycles. The number of hydrogen-bond acceptors (Lipinski definition) is 2. The Bertz CT molecular complexity index is 625. The summed E-state index contributed by atoms with van der Waals surface area (Å²) in [6.45, 7) is 29.1. The Morgan fingerprint density at radius 3 is 1.39 bits per heavy atom. The first-order valence-electron chi connectivity index (χ1n) is 7.40. The van der Waals surface area contributed by atoms with Crippen LogP contribution in [0.25, 0.3) is 19.4 Å². The zero-order chi connectivity index (χ0) is 17.0. The minimum absolute atomic E-state index is 0.0200. The van der Waals surface area contributed by atoms with Crippen molar-refractivity contribution in [3.63, 3.8) is 0 Å². The molecule has 23 heavy (non-hydrogen) atoms. The van der Waals surface area contributed by atoms with Gasteiger partial charge in [0, 0.05) is 12.8 Å². The van der Waals surface area contributed by atoms with Crippen molar-refractivity contribution in [2.75, 3.05) is 0 Å². The highest BCUT2D eigenvalue weighted by atomic mass is 14.9. The van der Waals surface area contributed by atoms with Crippen molar-refractivity contribution in [3.05, 3.63) is 45.7 Å². The minimum atomic E-state index is -0.798. The van der Waals surface area contributed by atoms with E-state index in [-0.39, 0.29) is 23.7 Å². The van der Waals surface area contributed by atoms with Gasteiger partial charge in [0.15, 0.2) is 12.1 Å². The summed E-state index contributed by atoms with van der Waals surface area (Å²) >= 11 is 0. The molecule has 0 spiro atoms. The van der Waals surface area contributed by atoms with Gasteiger partial charge >= 0.3 is 12.1 Å². The summed E-state index contributed by atoms with van der Waals surface area (Å²) in [6.07, 6.45) is 1.48. The standard InChI is InChI=1S/C17H14N6/c1-20-14-6-10-11(7-15(14)21-2)13(17(9-19)23-4)5-12(10)16(8-18)22-3/h10-17H,5-7H2. The second kappa shape index (κ2) is 6.80. The molecule has 0 aromatic carbocycles. The molecule has 0 saturated heterocycles. The van der Waals surface area contributed by atoms with Gasteiger partial charge in [0.1, 0.15) is 0 Å². The first-order valence-corrected chi connectivity index (χ1v) is 7.40. The lowest BCUT2D eigenvalue weighted by atomic mass is 9.70. The number of rotatable bonds is 2. The fourth-order valence-corrected chi connectivity index (χ4v) is 4.31. The highest BCUT2D eigenvalue weighted by Crippen LogP contribution is 2.53. The fraction of sp³-hybridized carbons (Fsp3) is 0.647. The molecular formula is C17H14N6. The summed E-state index contributed by atoms with van der Waals surface area (Å²) in [5.41, 5.74) is 0. The largest absolute Gasteiger partial charge is 0.310 e. The first-order chi connectivity index (χ1) is 11.1. The third kappa shape index (κ3) is 2.69. The Balaban J connectivity index is 2.39. The van der Waals surface area contributed by atoms with Crippen molar-refractivity contribution in [2.24, 2.45) is 23.7 Å². The third-order valence-corrected chi connectivity index (χ3v) is 5.35. The lowest BCUT2D eigenvalue weighted by Gasteiger charge is -2.30. The van der Waals surface area contributed by atoms with E-state index in [1.54, 1.807) is 0 Å². The van der Waals surface area contributed by atoms with Crippen LogP contribution >= 0.6 is 0 Å². The number of fused-ring (bicyclic) bond motifs is 1. The molecule has 8 unspecified atom stereocenters. The Kier molecular flexibility index (Phi) is 4.82. The van der Waals surface area contributed by atoms with Gasteiger partial charge in [-0.1, -0.05) is 0 Å². The van der Waals surface area contributed by atoms with Gasteiger partial charge in [0.2, 0.25) is 0 Å². The predicted octanol–water partition coefficient (Wildman–Crippen LogP) is 2.85. The second-order valence-corrected chi connectivity index (χ2v) is 6.16. The molecule has 2 rings (SSSR count). The normalized spacial score (nSPS) is 37.3. The highest BCUT2D eigenvalue weighted by Gasteiger charge is 2.59. The Morgan fingerprint density at radius 2 is 1.13 bits per heavy atom. The van der Waals surface area contributed by atoms with Crippen molar-refractivity contribution in [1.29, 1.82) is 10.5 Å². The maximum absolute atomic E-state index is 9.24. The molecule has 6 nitrogen and oxygen atoms in total. The average molecular weight is 302 g/mol. The van der Waals surface area contributed by atoms with E-state index in [9.17, 15) is 10.5 Å². The van der Waals surface area contributed by atoms with Gasteiger partial charge in [-0.3, -0.25) is 9.69 Å². The molecule has 2 fully saturated rings. The SMILES string of the molecule is [C-]#[N+]C(C#N)C1CC(C(C#N)[N+]#[C-])C2CC([N+]#[C-])C([N+]#[C-])CC12. The lowest BCUT2D eigenvalue weighted by molar-refractivity contribution is 0.188. The van der Waals surface area contributed by atoms with Crippen LogP contribution in [0.3, 0.4) is 0 Å². The van der Waals surface area contributed by atoms with Gasteiger partial charge in [0.05, 0.1) is 11.8 Å². The number of nitrogens with zero attached hydrogens (tertiary/aromatic N) is 6. The van der Waals surface area contributed by atoms with Gasteiger partial charge in [-0.2, -0.15) is 10.5 Å². The molecule has 0 amide bonds. The lowest BCUT2D eigenvalue weighted by Crippen LogP contribution is -2.39. The van der Waals surface area contributed by atoms with E-state index in [0.29, 0.717) is 19.3 Å². The molecule has 0 aromatic rings. The van der Waals surface area contributed by atoms with Crippen molar-refractivity contribution >= 4 is 0 Å². The molecule has 0 N–H and O–H groups in total. The van der Waals surface area contributed by atoms with Crippen LogP contribution < -0.4 is 0 Å². The van der Waals surface area contributed by atoms with Crippen LogP contribution in [0.2, 0.25) is 0 Å². The molecule has 8 atom stereocenters. The molecule has 112 valence electrons. The molecule has 0 aromatic heterocycles. The average Bonchev–Trinajstić information content (AvgIpc) is 2.94. The fourth-order valence-electron chi connectivity index (χ4n) is 4.31. The topological polar surface area (TPSA) is 65.0 Å². The van der Waals surface area contributed by atoms with Crippen molar-refractivity contribution < 1.29 is 0 Å². The van der Waals surface area contributed by atoms with E-state index in [0.717, 1.165) is 0 Å². The smallest absolute Gasteiger partial charge is 0.305 e. The summed E-state index contributed by atoms with van der Waals surface area (Å²) in [5.74, 6) is -0.455. The zero-order valence-electron chi connectivity index (χ0n) is 12.4. The summed E-state index contributed by atoms with van der Waals surface area (Å²) in [4.78, 5) is 13.9. The highest BCUT2D eigenvalue weighted by molar-refractivity contribution is 5.18. The van der Waals surface area contributed by atoms with E-state index in [1.165, 1.54) is 0 Å². The minimum Gasteiger partial charge on any atom is -0.305 e. The number of hydrogen-bond donors (Lipinski definition) is 0. The van der Waals surface area contributed by atoms with Gasteiger partial charge in [0.25, 0.3) is 12.1 Å². The van der Waals surface area contributed by atoms with Gasteiger partial charge in [-0.05, 0) is 18.3 Å². The van der Waals surface area contributed by atoms with E-state index < -0.39 is 24.2 Å². The van der Waals surface area contributed by atoms with Crippen LogP contribution in [-0.2, 0) is 0 Å². The molecule has 2 aliphatic carbocycles. The van der Waals surface area contributed by atoms with Gasteiger partial charge in [-0.15, -0.1) is 0 Å². The van der Waals surface area contributed by atoms with Crippen molar-refractivity contribution in [3.8, 4) is 12.1 Å². The van der Waals surface area contributed by atoms with Crippen LogP contribution in [0.4, 0.5) is 0 Å². The van der Waals surface area contributed by atoms with Crippen molar-refractivity contribution in [2.45, 2.75) is 43.4 Å². The molecule has 0 radical (unpaired) electrons. The van der Waals surface area contributed by atoms with Gasteiger partial charge in [-0.25, -0.2) is 26.3 Å². The Hall–Kier alpha value is -3.06. The van der Waals surface area contributed by atoms with Crippen molar-refractivity contribution in [1.82, 2.24) is 0 Å². The summed E-state index contributed by atoms with van der Waals surface area (Å²) in [7, 11) is 0. The van der Waals surface area contributed by atoms with Crippen LogP contribution in [0, 0.1) is 72.6 Å². The molecule has 0 heterocycles. The maximum atomic E-state index is 9.24. The molecular weight excluding hydrogens is 288 g/mol. The molecule has 0 aliphatic heterocycles. The van der Waals surface area contributed by atoms with Crippen LogP contribution in [0.15, 0.2) is 0 Å². The quantitative estimate of drug-likeness (QED) is 0.736. The maximum Gasteiger partial charge on any atom is 0.310 e. The third-order valence-electron chi connectivity index (χ3n) is 5.35. The summed E-state index contributed by atoms with van der Waals surface area (Å²) < 4.78 is 0. The second-order valence-electron chi connectivity index (χ2n) is 6.16. The van der Waals surface area contributed by atoms with E-state index in [1.807, 2.05) is 12.1 Å². The Labute approximate surface area is 136 Å². The van der Waals surface area contributed by atoms with Crippen LogP contribution in [-0.4, -0.2) is 24.2 Å². The summed E-state index contributed by atoms with van der Waals surface area (Å²) in [5, 5.41) is 18.5. The Morgan fingerprint density at radius 1 is 0.739 bits per heavy atom. The van der Waals surface area contributed by atoms with E-state index in [2.05, 4.69) is 19.4 Å². The first kappa shape index (κ1) is 16.3. The van der Waals surface area contributed by atoms with Crippen LogP contribution in [0.1, 0.15) is 19.3 Å². The van der Waals surface area contributed by atoms with Gasteiger partial charge < -0.3 is 9.69 Å². The van der Waals surface area contributed by atoms with E-state index >= 15 is 0 Å². The number of nitriles is 2. The zero-order valence-corrected chi connectivity index (χ0v) is 12.4. The molecule has 0 bridgehead atoms. The van der Waals surface area contributed by atoms with E-state index in [4.69, 9.17) is 26.3 Å². The monoisotopic (exact) mass is 302 g/mol.